The Bertz CT molecular complexity index is 213. The van der Waals surface area contributed by atoms with Gasteiger partial charge in [0.15, 0.2) is 0 Å². The number of carbonyl (C=O) groups is 2. The molecule has 0 bridgehead atoms. The van der Waals surface area contributed by atoms with Crippen molar-refractivity contribution in [3.05, 3.63) is 0 Å². The summed E-state index contributed by atoms with van der Waals surface area (Å²) in [6.45, 7) is 4.57. The van der Waals surface area contributed by atoms with Crippen molar-refractivity contribution in [3.8, 4) is 0 Å². The number of methoxy groups -OCH3 is 1. The van der Waals surface area contributed by atoms with Crippen LogP contribution in [0.3, 0.4) is 0 Å². The molecule has 4 nitrogen and oxygen atoms in total. The van der Waals surface area contributed by atoms with Crippen LogP contribution in [0, 0.1) is 5.92 Å². The number of ketones is 1. The second-order valence-corrected chi connectivity index (χ2v) is 3.66. The van der Waals surface area contributed by atoms with Gasteiger partial charge >= 0.3 is 5.97 Å². The van der Waals surface area contributed by atoms with Crippen LogP contribution in [-0.4, -0.2) is 32.1 Å². The quantitative estimate of drug-likeness (QED) is 0.345. The molecule has 0 amide bonds. The van der Waals surface area contributed by atoms with E-state index in [2.05, 4.69) is 0 Å². The summed E-state index contributed by atoms with van der Waals surface area (Å²) < 4.78 is 9.76. The zero-order valence-corrected chi connectivity index (χ0v) is 10.5. The summed E-state index contributed by atoms with van der Waals surface area (Å²) in [5, 5.41) is 0. The smallest absolute Gasteiger partial charge is 0.316 e. The maximum absolute atomic E-state index is 11.8. The van der Waals surface area contributed by atoms with E-state index in [4.69, 9.17) is 9.47 Å². The van der Waals surface area contributed by atoms with Crippen molar-refractivity contribution in [1.29, 1.82) is 0 Å². The Morgan fingerprint density at radius 2 is 1.94 bits per heavy atom. The van der Waals surface area contributed by atoms with Gasteiger partial charge in [0.1, 0.15) is 11.7 Å². The first-order chi connectivity index (χ1) is 7.67. The van der Waals surface area contributed by atoms with Crippen molar-refractivity contribution < 1.29 is 19.1 Å². The molecule has 0 N–H and O–H groups in total. The van der Waals surface area contributed by atoms with E-state index >= 15 is 0 Å². The summed E-state index contributed by atoms with van der Waals surface area (Å²) in [5.74, 6) is -0.995. The van der Waals surface area contributed by atoms with Crippen LogP contribution >= 0.6 is 0 Å². The van der Waals surface area contributed by atoms with E-state index in [9.17, 15) is 9.59 Å². The first-order valence-electron chi connectivity index (χ1n) is 5.85. The molecular weight excluding hydrogens is 208 g/mol. The Hall–Kier alpha value is -0.900. The van der Waals surface area contributed by atoms with Crippen molar-refractivity contribution in [2.75, 3.05) is 20.3 Å². The lowest BCUT2D eigenvalue weighted by molar-refractivity contribution is -0.152. The van der Waals surface area contributed by atoms with Gasteiger partial charge in [-0.05, 0) is 19.8 Å². The van der Waals surface area contributed by atoms with Crippen LogP contribution in [0.2, 0.25) is 0 Å². The fraction of sp³-hybridized carbons (Fsp3) is 0.833. The Labute approximate surface area is 97.3 Å². The number of carbonyl (C=O) groups excluding carboxylic acids is 2. The number of ether oxygens (including phenoxy) is 2. The highest BCUT2D eigenvalue weighted by atomic mass is 16.5. The van der Waals surface area contributed by atoms with E-state index < -0.39 is 5.92 Å². The predicted molar refractivity (Wildman–Crippen MR) is 61.1 cm³/mol. The molecule has 0 aliphatic rings. The topological polar surface area (TPSA) is 52.6 Å². The molecule has 0 aromatic carbocycles. The minimum absolute atomic E-state index is 0.0302. The van der Waals surface area contributed by atoms with Gasteiger partial charge in [-0.1, -0.05) is 13.3 Å². The number of esters is 1. The Kier molecular flexibility index (Phi) is 8.81. The standard InChI is InChI=1S/C12H22O4/c1-4-7-10(12(14)16-5-2)11(13)8-6-9-15-3/h10H,4-9H2,1-3H3. The molecule has 1 atom stereocenters. The van der Waals surface area contributed by atoms with Gasteiger partial charge < -0.3 is 9.47 Å². The zero-order chi connectivity index (χ0) is 12.4. The number of Topliss-reactive ketones (excluding diaryl/α,β-unsaturated/α-hetero) is 1. The SMILES string of the molecule is CCCC(C(=O)CCCOC)C(=O)OCC. The van der Waals surface area contributed by atoms with Crippen molar-refractivity contribution in [1.82, 2.24) is 0 Å². The van der Waals surface area contributed by atoms with E-state index in [0.29, 0.717) is 32.5 Å². The van der Waals surface area contributed by atoms with Crippen molar-refractivity contribution in [2.24, 2.45) is 5.92 Å². The molecule has 0 aliphatic carbocycles. The number of rotatable bonds is 9. The van der Waals surface area contributed by atoms with Gasteiger partial charge in [0, 0.05) is 20.1 Å². The Morgan fingerprint density at radius 1 is 1.25 bits per heavy atom. The van der Waals surface area contributed by atoms with Gasteiger partial charge in [0.25, 0.3) is 0 Å². The summed E-state index contributed by atoms with van der Waals surface area (Å²) in [6, 6.07) is 0. The second-order valence-electron chi connectivity index (χ2n) is 3.66. The van der Waals surface area contributed by atoms with Crippen molar-refractivity contribution in [3.63, 3.8) is 0 Å². The molecule has 4 heteroatoms. The highest BCUT2D eigenvalue weighted by molar-refractivity contribution is 5.98. The lowest BCUT2D eigenvalue weighted by atomic mass is 9.96. The van der Waals surface area contributed by atoms with Crippen LogP contribution in [0.4, 0.5) is 0 Å². The summed E-state index contributed by atoms with van der Waals surface area (Å²) in [7, 11) is 1.60. The molecule has 0 rings (SSSR count). The molecule has 0 aromatic heterocycles. The molecule has 0 fully saturated rings. The second kappa shape index (κ2) is 9.33. The van der Waals surface area contributed by atoms with Gasteiger partial charge in [0.2, 0.25) is 0 Å². The molecule has 0 saturated heterocycles. The van der Waals surface area contributed by atoms with Crippen LogP contribution in [-0.2, 0) is 19.1 Å². The molecule has 16 heavy (non-hydrogen) atoms. The van der Waals surface area contributed by atoms with Gasteiger partial charge in [0.05, 0.1) is 6.61 Å². The highest BCUT2D eigenvalue weighted by Crippen LogP contribution is 2.13. The number of hydrogen-bond donors (Lipinski definition) is 0. The van der Waals surface area contributed by atoms with E-state index in [1.807, 2.05) is 6.92 Å². The molecule has 94 valence electrons. The zero-order valence-electron chi connectivity index (χ0n) is 10.5. The fourth-order valence-corrected chi connectivity index (χ4v) is 1.51. The number of hydrogen-bond acceptors (Lipinski definition) is 4. The maximum Gasteiger partial charge on any atom is 0.316 e. The summed E-state index contributed by atoms with van der Waals surface area (Å²) in [5.41, 5.74) is 0. The third-order valence-corrected chi connectivity index (χ3v) is 2.31. The molecule has 0 heterocycles. The minimum Gasteiger partial charge on any atom is -0.465 e. The fourth-order valence-electron chi connectivity index (χ4n) is 1.51. The lowest BCUT2D eigenvalue weighted by Crippen LogP contribution is -2.26. The normalized spacial score (nSPS) is 12.2. The first-order valence-corrected chi connectivity index (χ1v) is 5.85. The lowest BCUT2D eigenvalue weighted by Gasteiger charge is -2.13. The van der Waals surface area contributed by atoms with E-state index in [-0.39, 0.29) is 11.8 Å². The van der Waals surface area contributed by atoms with Crippen LogP contribution in [0.15, 0.2) is 0 Å². The largest absolute Gasteiger partial charge is 0.465 e. The summed E-state index contributed by atoms with van der Waals surface area (Å²) in [4.78, 5) is 23.3. The molecular formula is C12H22O4. The third kappa shape index (κ3) is 5.85. The summed E-state index contributed by atoms with van der Waals surface area (Å²) in [6.07, 6.45) is 2.43. The maximum atomic E-state index is 11.8. The van der Waals surface area contributed by atoms with Gasteiger partial charge in [-0.25, -0.2) is 0 Å². The monoisotopic (exact) mass is 230 g/mol. The van der Waals surface area contributed by atoms with Crippen LogP contribution in [0.1, 0.15) is 39.5 Å². The Balaban J connectivity index is 4.17. The highest BCUT2D eigenvalue weighted by Gasteiger charge is 2.26. The van der Waals surface area contributed by atoms with Crippen molar-refractivity contribution in [2.45, 2.75) is 39.5 Å². The van der Waals surface area contributed by atoms with Crippen LogP contribution in [0.5, 0.6) is 0 Å². The molecule has 0 aromatic rings. The van der Waals surface area contributed by atoms with Crippen molar-refractivity contribution >= 4 is 11.8 Å². The Morgan fingerprint density at radius 3 is 2.44 bits per heavy atom. The van der Waals surface area contributed by atoms with Gasteiger partial charge in [-0.15, -0.1) is 0 Å². The van der Waals surface area contributed by atoms with Gasteiger partial charge in [-0.2, -0.15) is 0 Å². The molecule has 0 spiro atoms. The predicted octanol–water partition coefficient (Wildman–Crippen LogP) is 1.96. The molecule has 0 aliphatic heterocycles. The van der Waals surface area contributed by atoms with E-state index in [0.717, 1.165) is 6.42 Å². The third-order valence-electron chi connectivity index (χ3n) is 2.31. The van der Waals surface area contributed by atoms with E-state index in [1.54, 1.807) is 14.0 Å². The molecule has 1 unspecified atom stereocenters. The first kappa shape index (κ1) is 15.1. The minimum atomic E-state index is -0.582. The molecule has 0 saturated carbocycles. The van der Waals surface area contributed by atoms with E-state index in [1.165, 1.54) is 0 Å². The average Bonchev–Trinajstić information content (AvgIpc) is 2.26. The van der Waals surface area contributed by atoms with Crippen LogP contribution < -0.4 is 0 Å². The van der Waals surface area contributed by atoms with Gasteiger partial charge in [-0.3, -0.25) is 9.59 Å². The average molecular weight is 230 g/mol. The van der Waals surface area contributed by atoms with Crippen LogP contribution in [0.25, 0.3) is 0 Å². The molecule has 0 radical (unpaired) electrons. The summed E-state index contributed by atoms with van der Waals surface area (Å²) >= 11 is 0.